The zero-order chi connectivity index (χ0) is 10.7. The minimum atomic E-state index is 0.561. The topological polar surface area (TPSA) is 69.7 Å². The average Bonchev–Trinajstić information content (AvgIpc) is 2.86. The minimum Gasteiger partial charge on any atom is -0.306 e. The summed E-state index contributed by atoms with van der Waals surface area (Å²) >= 11 is 0. The van der Waals surface area contributed by atoms with Crippen LogP contribution in [0.4, 0.5) is 0 Å². The van der Waals surface area contributed by atoms with E-state index in [0.29, 0.717) is 18.6 Å². The summed E-state index contributed by atoms with van der Waals surface area (Å²) in [5, 5.41) is 17.2. The molecule has 0 aromatic carbocycles. The van der Waals surface area contributed by atoms with Crippen molar-refractivity contribution in [1.82, 2.24) is 30.8 Å². The van der Waals surface area contributed by atoms with Gasteiger partial charge in [-0.1, -0.05) is 5.21 Å². The van der Waals surface area contributed by atoms with Crippen LogP contribution >= 0.6 is 0 Å². The van der Waals surface area contributed by atoms with E-state index in [0.717, 1.165) is 12.4 Å². The Kier molecular flexibility index (Phi) is 3.27. The SMILES string of the molecule is CC(C)N1CCC(NCc2nn[nH]n2)C1. The first-order chi connectivity index (χ1) is 7.25. The number of likely N-dealkylation sites (tertiary alicyclic amines) is 1. The summed E-state index contributed by atoms with van der Waals surface area (Å²) in [4.78, 5) is 2.48. The van der Waals surface area contributed by atoms with Gasteiger partial charge in [0.05, 0.1) is 6.54 Å². The van der Waals surface area contributed by atoms with Crippen molar-refractivity contribution in [3.05, 3.63) is 5.82 Å². The molecule has 84 valence electrons. The molecule has 6 nitrogen and oxygen atoms in total. The number of tetrazole rings is 1. The van der Waals surface area contributed by atoms with Gasteiger partial charge in [-0.25, -0.2) is 0 Å². The number of aromatic amines is 1. The molecule has 0 bridgehead atoms. The molecule has 1 aliphatic heterocycles. The largest absolute Gasteiger partial charge is 0.306 e. The first kappa shape index (κ1) is 10.5. The number of aromatic nitrogens is 4. The van der Waals surface area contributed by atoms with Gasteiger partial charge in [-0.15, -0.1) is 10.2 Å². The van der Waals surface area contributed by atoms with Gasteiger partial charge in [0.15, 0.2) is 5.82 Å². The summed E-state index contributed by atoms with van der Waals surface area (Å²) in [6.07, 6.45) is 1.20. The van der Waals surface area contributed by atoms with Gasteiger partial charge in [0.25, 0.3) is 0 Å². The third-order valence-electron chi connectivity index (χ3n) is 2.89. The fourth-order valence-corrected chi connectivity index (χ4v) is 1.92. The van der Waals surface area contributed by atoms with Crippen molar-refractivity contribution in [2.75, 3.05) is 13.1 Å². The fourth-order valence-electron chi connectivity index (χ4n) is 1.92. The third kappa shape index (κ3) is 2.73. The van der Waals surface area contributed by atoms with Gasteiger partial charge in [-0.3, -0.25) is 4.90 Å². The summed E-state index contributed by atoms with van der Waals surface area (Å²) in [7, 11) is 0. The standard InChI is InChI=1S/C9H18N6/c1-7(2)15-4-3-8(6-15)10-5-9-11-13-14-12-9/h7-8,10H,3-6H2,1-2H3,(H,11,12,13,14). The predicted molar refractivity (Wildman–Crippen MR) is 56.1 cm³/mol. The molecule has 1 fully saturated rings. The van der Waals surface area contributed by atoms with Crippen LogP contribution in [0.25, 0.3) is 0 Å². The molecule has 1 atom stereocenters. The molecular formula is C9H18N6. The lowest BCUT2D eigenvalue weighted by molar-refractivity contribution is 0.268. The second-order valence-electron chi connectivity index (χ2n) is 4.28. The highest BCUT2D eigenvalue weighted by molar-refractivity contribution is 4.85. The van der Waals surface area contributed by atoms with Gasteiger partial charge in [0.1, 0.15) is 0 Å². The van der Waals surface area contributed by atoms with Crippen LogP contribution in [-0.4, -0.2) is 50.7 Å². The molecule has 2 heterocycles. The Hall–Kier alpha value is -1.01. The minimum absolute atomic E-state index is 0.561. The van der Waals surface area contributed by atoms with E-state index < -0.39 is 0 Å². The zero-order valence-electron chi connectivity index (χ0n) is 9.27. The van der Waals surface area contributed by atoms with Crippen LogP contribution in [0.3, 0.4) is 0 Å². The van der Waals surface area contributed by atoms with Gasteiger partial charge < -0.3 is 5.32 Å². The van der Waals surface area contributed by atoms with Crippen LogP contribution in [0.15, 0.2) is 0 Å². The molecule has 0 saturated carbocycles. The molecule has 0 radical (unpaired) electrons. The quantitative estimate of drug-likeness (QED) is 0.718. The van der Waals surface area contributed by atoms with Gasteiger partial charge >= 0.3 is 0 Å². The highest BCUT2D eigenvalue weighted by Gasteiger charge is 2.23. The summed E-state index contributed by atoms with van der Waals surface area (Å²) in [5.41, 5.74) is 0. The van der Waals surface area contributed by atoms with Crippen molar-refractivity contribution >= 4 is 0 Å². The van der Waals surface area contributed by atoms with Crippen molar-refractivity contribution in [2.45, 2.75) is 38.9 Å². The van der Waals surface area contributed by atoms with Gasteiger partial charge in [-0.05, 0) is 26.8 Å². The van der Waals surface area contributed by atoms with E-state index in [1.807, 2.05) is 0 Å². The Morgan fingerprint density at radius 1 is 1.60 bits per heavy atom. The van der Waals surface area contributed by atoms with Gasteiger partial charge in [0, 0.05) is 18.6 Å². The van der Waals surface area contributed by atoms with Crippen molar-refractivity contribution in [3.63, 3.8) is 0 Å². The molecule has 0 aliphatic carbocycles. The second-order valence-corrected chi connectivity index (χ2v) is 4.28. The highest BCUT2D eigenvalue weighted by atomic mass is 15.5. The Balaban J connectivity index is 1.73. The molecule has 1 aromatic rings. The third-order valence-corrected chi connectivity index (χ3v) is 2.89. The van der Waals surface area contributed by atoms with Crippen LogP contribution in [0.2, 0.25) is 0 Å². The zero-order valence-corrected chi connectivity index (χ0v) is 9.27. The smallest absolute Gasteiger partial charge is 0.188 e. The molecule has 15 heavy (non-hydrogen) atoms. The summed E-state index contributed by atoms with van der Waals surface area (Å²) in [5.74, 6) is 0.734. The Bertz CT molecular complexity index is 283. The van der Waals surface area contributed by atoms with E-state index >= 15 is 0 Å². The normalized spacial score (nSPS) is 22.7. The van der Waals surface area contributed by atoms with E-state index in [1.165, 1.54) is 13.0 Å². The molecule has 1 aliphatic rings. The number of hydrogen-bond acceptors (Lipinski definition) is 5. The molecule has 2 rings (SSSR count). The van der Waals surface area contributed by atoms with E-state index in [9.17, 15) is 0 Å². The van der Waals surface area contributed by atoms with E-state index in [-0.39, 0.29) is 0 Å². The van der Waals surface area contributed by atoms with Crippen molar-refractivity contribution in [2.24, 2.45) is 0 Å². The number of H-pyrrole nitrogens is 1. The lowest BCUT2D eigenvalue weighted by atomic mass is 10.2. The van der Waals surface area contributed by atoms with Crippen LogP contribution in [0.1, 0.15) is 26.1 Å². The van der Waals surface area contributed by atoms with Gasteiger partial charge in [-0.2, -0.15) is 5.21 Å². The van der Waals surface area contributed by atoms with Crippen LogP contribution in [0.5, 0.6) is 0 Å². The number of hydrogen-bond donors (Lipinski definition) is 2. The maximum Gasteiger partial charge on any atom is 0.188 e. The Morgan fingerprint density at radius 3 is 3.07 bits per heavy atom. The van der Waals surface area contributed by atoms with E-state index in [1.54, 1.807) is 0 Å². The Morgan fingerprint density at radius 2 is 2.47 bits per heavy atom. The van der Waals surface area contributed by atoms with E-state index in [2.05, 4.69) is 44.7 Å². The lowest BCUT2D eigenvalue weighted by Crippen LogP contribution is -2.35. The maximum atomic E-state index is 3.91. The summed E-state index contributed by atoms with van der Waals surface area (Å²) < 4.78 is 0. The Labute approximate surface area is 89.4 Å². The van der Waals surface area contributed by atoms with Crippen LogP contribution in [0, 0.1) is 0 Å². The van der Waals surface area contributed by atoms with Crippen molar-refractivity contribution in [1.29, 1.82) is 0 Å². The maximum absolute atomic E-state index is 3.91. The number of rotatable bonds is 4. The highest BCUT2D eigenvalue weighted by Crippen LogP contribution is 2.12. The predicted octanol–water partition coefficient (Wildman–Crippen LogP) is -0.228. The molecule has 1 aromatic heterocycles. The molecule has 0 spiro atoms. The number of nitrogens with one attached hydrogen (secondary N) is 2. The molecule has 1 saturated heterocycles. The average molecular weight is 210 g/mol. The first-order valence-electron chi connectivity index (χ1n) is 5.45. The van der Waals surface area contributed by atoms with E-state index in [4.69, 9.17) is 0 Å². The van der Waals surface area contributed by atoms with Crippen molar-refractivity contribution < 1.29 is 0 Å². The monoisotopic (exact) mass is 210 g/mol. The molecule has 0 amide bonds. The van der Waals surface area contributed by atoms with Crippen LogP contribution in [-0.2, 0) is 6.54 Å². The van der Waals surface area contributed by atoms with Crippen LogP contribution < -0.4 is 5.32 Å². The molecule has 1 unspecified atom stereocenters. The molecule has 2 N–H and O–H groups in total. The van der Waals surface area contributed by atoms with Crippen molar-refractivity contribution in [3.8, 4) is 0 Å². The molecule has 6 heteroatoms. The summed E-state index contributed by atoms with van der Waals surface area (Å²) in [6.45, 7) is 7.48. The first-order valence-corrected chi connectivity index (χ1v) is 5.45. The lowest BCUT2D eigenvalue weighted by Gasteiger charge is -2.20. The second kappa shape index (κ2) is 4.67. The number of nitrogens with zero attached hydrogens (tertiary/aromatic N) is 4. The molecular weight excluding hydrogens is 192 g/mol. The van der Waals surface area contributed by atoms with Gasteiger partial charge in [0.2, 0.25) is 0 Å². The summed E-state index contributed by atoms with van der Waals surface area (Å²) in [6, 6.07) is 1.20. The fraction of sp³-hybridized carbons (Fsp3) is 0.889.